The summed E-state index contributed by atoms with van der Waals surface area (Å²) >= 11 is 0. The van der Waals surface area contributed by atoms with Crippen molar-refractivity contribution >= 4 is 12.1 Å². The van der Waals surface area contributed by atoms with Crippen LogP contribution in [0.1, 0.15) is 0 Å². The van der Waals surface area contributed by atoms with E-state index in [4.69, 9.17) is 5.21 Å². The Bertz CT molecular complexity index is 172. The van der Waals surface area contributed by atoms with Gasteiger partial charge in [-0.25, -0.2) is 0 Å². The number of oxime groups is 1. The normalized spacial score (nSPS) is 11.9. The summed E-state index contributed by atoms with van der Waals surface area (Å²) in [7, 11) is 6.10. The molecule has 2 N–H and O–H groups in total. The number of nitrogens with zero attached hydrogens (tertiary/aromatic N) is 2. The fourth-order valence-corrected chi connectivity index (χ4v) is 0.613. The molecule has 1 amide bonds. The molecule has 12 heavy (non-hydrogen) atoms. The summed E-state index contributed by atoms with van der Waals surface area (Å²) in [5.74, 6) is -0.369. The van der Waals surface area contributed by atoms with Gasteiger partial charge in [-0.1, -0.05) is 5.16 Å². The van der Waals surface area contributed by atoms with Gasteiger partial charge < -0.3 is 15.0 Å². The molecule has 0 saturated carbocycles. The van der Waals surface area contributed by atoms with Crippen molar-refractivity contribution in [2.45, 2.75) is 0 Å². The molecule has 0 spiro atoms. The first kappa shape index (κ1) is 10.9. The summed E-state index contributed by atoms with van der Waals surface area (Å²) in [6.45, 7) is 1.42. The van der Waals surface area contributed by atoms with Gasteiger partial charge in [0.1, 0.15) is 6.21 Å². The Morgan fingerprint density at radius 1 is 1.58 bits per heavy atom. The van der Waals surface area contributed by atoms with Crippen LogP contribution < -0.4 is 5.32 Å². The summed E-state index contributed by atoms with van der Waals surface area (Å²) in [6, 6.07) is 0. The predicted octanol–water partition coefficient (Wildman–Crippen LogP) is -0.731. The minimum absolute atomic E-state index is 0.369. The highest BCUT2D eigenvalue weighted by molar-refractivity contribution is 6.25. The number of quaternary nitrogens is 1. The zero-order chi connectivity index (χ0) is 9.61. The first-order chi connectivity index (χ1) is 5.45. The van der Waals surface area contributed by atoms with E-state index in [1.54, 1.807) is 0 Å². The van der Waals surface area contributed by atoms with Crippen LogP contribution in [-0.2, 0) is 4.79 Å². The molecule has 5 nitrogen and oxygen atoms in total. The third-order valence-electron chi connectivity index (χ3n) is 1.26. The maximum atomic E-state index is 10.7. The first-order valence-electron chi connectivity index (χ1n) is 3.71. The molecule has 0 rings (SSSR count). The van der Waals surface area contributed by atoms with Crippen LogP contribution in [0.3, 0.4) is 0 Å². The van der Waals surface area contributed by atoms with Crippen LogP contribution in [0.25, 0.3) is 0 Å². The fourth-order valence-electron chi connectivity index (χ4n) is 0.613. The molecule has 5 heteroatoms. The lowest BCUT2D eigenvalue weighted by atomic mass is 10.5. The van der Waals surface area contributed by atoms with Gasteiger partial charge in [0.05, 0.1) is 34.2 Å². The fraction of sp³-hybridized carbons (Fsp3) is 0.714. The molecule has 0 aliphatic heterocycles. The number of rotatable bonds is 4. The van der Waals surface area contributed by atoms with E-state index in [2.05, 4.69) is 10.5 Å². The standard InChI is InChI=1S/C7H15N3O2/c1-10(2,3)5-4-8-7(11)6-9-12/h6H,4-5H2,1-3H3,(H-,8,11,12)/p+1. The second-order valence-corrected chi connectivity index (χ2v) is 3.55. The van der Waals surface area contributed by atoms with Crippen molar-refractivity contribution in [3.05, 3.63) is 0 Å². The minimum Gasteiger partial charge on any atom is -0.411 e. The monoisotopic (exact) mass is 174 g/mol. The summed E-state index contributed by atoms with van der Waals surface area (Å²) in [6.07, 6.45) is 0.843. The molecule has 0 atom stereocenters. The summed E-state index contributed by atoms with van der Waals surface area (Å²) in [5, 5.41) is 13.2. The second-order valence-electron chi connectivity index (χ2n) is 3.55. The Kier molecular flexibility index (Phi) is 4.28. The highest BCUT2D eigenvalue weighted by Crippen LogP contribution is 1.85. The molecule has 0 aromatic carbocycles. The van der Waals surface area contributed by atoms with E-state index >= 15 is 0 Å². The molecule has 0 unspecified atom stereocenters. The Labute approximate surface area is 72.3 Å². The molecule has 0 aromatic heterocycles. The maximum absolute atomic E-state index is 10.7. The number of nitrogens with one attached hydrogen (secondary N) is 1. The van der Waals surface area contributed by atoms with Crippen LogP contribution in [0.2, 0.25) is 0 Å². The number of hydrogen-bond donors (Lipinski definition) is 2. The lowest BCUT2D eigenvalue weighted by molar-refractivity contribution is -0.869. The van der Waals surface area contributed by atoms with Crippen LogP contribution in [0.15, 0.2) is 5.16 Å². The highest BCUT2D eigenvalue weighted by atomic mass is 16.4. The van der Waals surface area contributed by atoms with Crippen molar-refractivity contribution in [1.29, 1.82) is 0 Å². The van der Waals surface area contributed by atoms with Gasteiger partial charge in [0.15, 0.2) is 0 Å². The Morgan fingerprint density at radius 2 is 2.17 bits per heavy atom. The van der Waals surface area contributed by atoms with Gasteiger partial charge >= 0.3 is 0 Å². The molecular weight excluding hydrogens is 158 g/mol. The molecule has 0 aliphatic rings. The lowest BCUT2D eigenvalue weighted by Crippen LogP contribution is -2.42. The van der Waals surface area contributed by atoms with Crippen LogP contribution >= 0.6 is 0 Å². The zero-order valence-corrected chi connectivity index (χ0v) is 7.74. The van der Waals surface area contributed by atoms with Crippen LogP contribution in [0, 0.1) is 0 Å². The number of carbonyl (C=O) groups excluding carboxylic acids is 1. The largest absolute Gasteiger partial charge is 0.411 e. The van der Waals surface area contributed by atoms with Gasteiger partial charge in [0.25, 0.3) is 5.91 Å². The molecule has 0 bridgehead atoms. The molecule has 0 radical (unpaired) electrons. The molecule has 0 heterocycles. The Morgan fingerprint density at radius 3 is 2.58 bits per heavy atom. The third-order valence-corrected chi connectivity index (χ3v) is 1.26. The van der Waals surface area contributed by atoms with Gasteiger partial charge in [0, 0.05) is 0 Å². The van der Waals surface area contributed by atoms with E-state index in [-0.39, 0.29) is 5.91 Å². The van der Waals surface area contributed by atoms with Crippen molar-refractivity contribution in [1.82, 2.24) is 5.32 Å². The van der Waals surface area contributed by atoms with E-state index in [9.17, 15) is 4.79 Å². The average molecular weight is 174 g/mol. The van der Waals surface area contributed by atoms with Gasteiger partial charge in [-0.3, -0.25) is 4.79 Å². The van der Waals surface area contributed by atoms with Crippen molar-refractivity contribution < 1.29 is 14.5 Å². The summed E-state index contributed by atoms with van der Waals surface area (Å²) in [5.41, 5.74) is 0. The molecular formula is C7H16N3O2+. The number of likely N-dealkylation sites (N-methyl/N-ethyl adjacent to an activating group) is 1. The van der Waals surface area contributed by atoms with Gasteiger partial charge in [-0.2, -0.15) is 0 Å². The SMILES string of the molecule is C[N+](C)(C)CCNC(=O)/C=N/O. The van der Waals surface area contributed by atoms with E-state index in [0.717, 1.165) is 17.2 Å². The minimum atomic E-state index is -0.369. The average Bonchev–Trinajstić information content (AvgIpc) is 1.84. The van der Waals surface area contributed by atoms with Crippen LogP contribution in [0.5, 0.6) is 0 Å². The zero-order valence-electron chi connectivity index (χ0n) is 7.74. The predicted molar refractivity (Wildman–Crippen MR) is 46.2 cm³/mol. The van der Waals surface area contributed by atoms with E-state index in [0.29, 0.717) is 6.54 Å². The Hall–Kier alpha value is -1.10. The summed E-state index contributed by atoms with van der Waals surface area (Å²) < 4.78 is 0.788. The van der Waals surface area contributed by atoms with E-state index in [1.807, 2.05) is 21.1 Å². The highest BCUT2D eigenvalue weighted by Gasteiger charge is 2.06. The molecule has 0 fully saturated rings. The number of hydrogen-bond acceptors (Lipinski definition) is 3. The van der Waals surface area contributed by atoms with E-state index < -0.39 is 0 Å². The van der Waals surface area contributed by atoms with Crippen molar-refractivity contribution in [2.24, 2.45) is 5.16 Å². The molecule has 70 valence electrons. The molecule has 0 aromatic rings. The smallest absolute Gasteiger partial charge is 0.266 e. The van der Waals surface area contributed by atoms with Crippen LogP contribution in [0.4, 0.5) is 0 Å². The lowest BCUT2D eigenvalue weighted by Gasteiger charge is -2.23. The van der Waals surface area contributed by atoms with Crippen molar-refractivity contribution in [2.75, 3.05) is 34.2 Å². The first-order valence-corrected chi connectivity index (χ1v) is 3.71. The number of amides is 1. The van der Waals surface area contributed by atoms with Crippen LogP contribution in [-0.4, -0.2) is 56.0 Å². The molecule has 0 saturated heterocycles. The third kappa shape index (κ3) is 7.01. The van der Waals surface area contributed by atoms with Gasteiger partial charge in [0.2, 0.25) is 0 Å². The van der Waals surface area contributed by atoms with Gasteiger partial charge in [-0.05, 0) is 0 Å². The Balaban J connectivity index is 3.51. The maximum Gasteiger partial charge on any atom is 0.266 e. The van der Waals surface area contributed by atoms with Gasteiger partial charge in [-0.15, -0.1) is 0 Å². The second kappa shape index (κ2) is 4.71. The molecule has 0 aliphatic carbocycles. The quantitative estimate of drug-likeness (QED) is 0.255. The summed E-state index contributed by atoms with van der Waals surface area (Å²) in [4.78, 5) is 10.7. The van der Waals surface area contributed by atoms with Crippen molar-refractivity contribution in [3.8, 4) is 0 Å². The number of carbonyl (C=O) groups is 1. The van der Waals surface area contributed by atoms with E-state index in [1.165, 1.54) is 0 Å². The topological polar surface area (TPSA) is 61.7 Å². The van der Waals surface area contributed by atoms with Crippen molar-refractivity contribution in [3.63, 3.8) is 0 Å².